The summed E-state index contributed by atoms with van der Waals surface area (Å²) in [6.07, 6.45) is -0.158. The Morgan fingerprint density at radius 2 is 1.43 bits per heavy atom. The van der Waals surface area contributed by atoms with Gasteiger partial charge in [0.15, 0.2) is 0 Å². The monoisotopic (exact) mass is 401 g/mol. The molecule has 0 N–H and O–H groups in total. The van der Waals surface area contributed by atoms with Gasteiger partial charge in [-0.05, 0) is 16.7 Å². The van der Waals surface area contributed by atoms with E-state index in [9.17, 15) is 9.59 Å². The van der Waals surface area contributed by atoms with Crippen molar-refractivity contribution < 1.29 is 19.1 Å². The molecule has 1 saturated heterocycles. The van der Waals surface area contributed by atoms with Crippen molar-refractivity contribution in [2.45, 2.75) is 25.1 Å². The number of cyclic esters (lactones) is 1. The largest absolute Gasteiger partial charge is 0.462 e. The van der Waals surface area contributed by atoms with E-state index in [0.717, 1.165) is 16.7 Å². The van der Waals surface area contributed by atoms with Gasteiger partial charge in [-0.3, -0.25) is 4.90 Å². The topological polar surface area (TPSA) is 55.8 Å². The molecule has 1 aliphatic rings. The molecule has 1 heterocycles. The van der Waals surface area contributed by atoms with Crippen molar-refractivity contribution in [3.8, 4) is 0 Å². The third-order valence-electron chi connectivity index (χ3n) is 5.20. The smallest absolute Gasteiger partial charge is 0.411 e. The minimum absolute atomic E-state index is 0.106. The predicted octanol–water partition coefficient (Wildman–Crippen LogP) is 4.53. The summed E-state index contributed by atoms with van der Waals surface area (Å²) in [5.41, 5.74) is 2.75. The minimum atomic E-state index is -0.755. The van der Waals surface area contributed by atoms with E-state index in [-0.39, 0.29) is 13.2 Å². The molecule has 3 aromatic rings. The molecule has 4 rings (SSSR count). The van der Waals surface area contributed by atoms with Crippen molar-refractivity contribution in [3.63, 3.8) is 0 Å². The highest BCUT2D eigenvalue weighted by molar-refractivity contribution is 5.83. The van der Waals surface area contributed by atoms with Gasteiger partial charge in [-0.1, -0.05) is 91.0 Å². The van der Waals surface area contributed by atoms with Gasteiger partial charge in [-0.15, -0.1) is 0 Å². The van der Waals surface area contributed by atoms with Crippen LogP contribution < -0.4 is 0 Å². The third-order valence-corrected chi connectivity index (χ3v) is 5.20. The Bertz CT molecular complexity index is 976. The lowest BCUT2D eigenvalue weighted by Crippen LogP contribution is -2.54. The molecule has 0 bridgehead atoms. The summed E-state index contributed by atoms with van der Waals surface area (Å²) in [5.74, 6) is -0.414. The van der Waals surface area contributed by atoms with Crippen molar-refractivity contribution in [2.75, 3.05) is 6.61 Å². The highest BCUT2D eigenvalue weighted by atomic mass is 16.6. The van der Waals surface area contributed by atoms with Gasteiger partial charge in [-0.2, -0.15) is 0 Å². The van der Waals surface area contributed by atoms with E-state index >= 15 is 0 Å². The first kappa shape index (κ1) is 19.7. The van der Waals surface area contributed by atoms with Gasteiger partial charge in [-0.25, -0.2) is 9.59 Å². The van der Waals surface area contributed by atoms with Gasteiger partial charge >= 0.3 is 12.1 Å². The first-order valence-corrected chi connectivity index (χ1v) is 9.97. The molecule has 3 aromatic carbocycles. The molecule has 0 saturated carbocycles. The molecule has 152 valence electrons. The SMILES string of the molecule is O=C1OC[C@@H](c2ccccc2)N(C(=O)OCc2ccccc2)[C@@H]1Cc1ccccc1. The van der Waals surface area contributed by atoms with Crippen molar-refractivity contribution >= 4 is 12.1 Å². The number of carbonyl (C=O) groups excluding carboxylic acids is 2. The lowest BCUT2D eigenvalue weighted by Gasteiger charge is -2.40. The summed E-state index contributed by atoms with van der Waals surface area (Å²) in [7, 11) is 0. The van der Waals surface area contributed by atoms with E-state index in [2.05, 4.69) is 0 Å². The average Bonchev–Trinajstić information content (AvgIpc) is 2.80. The van der Waals surface area contributed by atoms with E-state index in [1.165, 1.54) is 4.90 Å². The zero-order valence-corrected chi connectivity index (χ0v) is 16.5. The summed E-state index contributed by atoms with van der Waals surface area (Å²) in [6, 6.07) is 27.5. The van der Waals surface area contributed by atoms with Crippen molar-refractivity contribution in [1.29, 1.82) is 0 Å². The van der Waals surface area contributed by atoms with Crippen LogP contribution >= 0.6 is 0 Å². The number of rotatable bonds is 5. The fraction of sp³-hybridized carbons (Fsp3) is 0.200. The number of nitrogens with zero attached hydrogens (tertiary/aromatic N) is 1. The summed E-state index contributed by atoms with van der Waals surface area (Å²) in [6.45, 7) is 0.249. The van der Waals surface area contributed by atoms with Gasteiger partial charge in [0.2, 0.25) is 0 Å². The quantitative estimate of drug-likeness (QED) is 0.589. The molecule has 30 heavy (non-hydrogen) atoms. The van der Waals surface area contributed by atoms with Gasteiger partial charge < -0.3 is 9.47 Å². The number of hydrogen-bond acceptors (Lipinski definition) is 4. The highest BCUT2D eigenvalue weighted by Gasteiger charge is 2.42. The number of ether oxygens (including phenoxy) is 2. The second kappa shape index (κ2) is 9.27. The molecular formula is C25H23NO4. The Labute approximate surface area is 175 Å². The lowest BCUT2D eigenvalue weighted by atomic mass is 9.98. The van der Waals surface area contributed by atoms with E-state index in [1.807, 2.05) is 91.0 Å². The van der Waals surface area contributed by atoms with E-state index in [4.69, 9.17) is 9.47 Å². The standard InChI is InChI=1S/C25H23NO4/c27-24-22(16-19-10-4-1-5-11-19)26(23(18-29-24)21-14-8-3-9-15-21)25(28)30-17-20-12-6-2-7-13-20/h1-15,22-23H,16-18H2/t22-,23+/m1/s1. The minimum Gasteiger partial charge on any atom is -0.462 e. The van der Waals surface area contributed by atoms with Gasteiger partial charge in [0.1, 0.15) is 19.3 Å². The van der Waals surface area contributed by atoms with Crippen LogP contribution in [0.15, 0.2) is 91.0 Å². The van der Waals surface area contributed by atoms with Crippen LogP contribution in [0.5, 0.6) is 0 Å². The molecule has 5 nitrogen and oxygen atoms in total. The number of hydrogen-bond donors (Lipinski definition) is 0. The van der Waals surface area contributed by atoms with Crippen LogP contribution in [0.2, 0.25) is 0 Å². The number of carbonyl (C=O) groups is 2. The zero-order valence-electron chi connectivity index (χ0n) is 16.5. The molecule has 0 aliphatic carbocycles. The van der Waals surface area contributed by atoms with Crippen LogP contribution in [0.25, 0.3) is 0 Å². The lowest BCUT2D eigenvalue weighted by molar-refractivity contribution is -0.161. The Morgan fingerprint density at radius 1 is 0.867 bits per heavy atom. The van der Waals surface area contributed by atoms with E-state index < -0.39 is 24.1 Å². The molecule has 0 unspecified atom stereocenters. The van der Waals surface area contributed by atoms with Crippen LogP contribution in [-0.2, 0) is 27.3 Å². The maximum Gasteiger partial charge on any atom is 0.411 e. The maximum absolute atomic E-state index is 13.2. The Balaban J connectivity index is 1.61. The highest BCUT2D eigenvalue weighted by Crippen LogP contribution is 2.30. The number of morpholine rings is 1. The summed E-state index contributed by atoms with van der Waals surface area (Å²) in [4.78, 5) is 27.4. The molecule has 1 aliphatic heterocycles. The fourth-order valence-corrected chi connectivity index (χ4v) is 3.67. The first-order chi connectivity index (χ1) is 14.7. The second-order valence-corrected chi connectivity index (χ2v) is 7.21. The molecule has 0 aromatic heterocycles. The molecule has 1 fully saturated rings. The predicted molar refractivity (Wildman–Crippen MR) is 113 cm³/mol. The number of benzene rings is 3. The van der Waals surface area contributed by atoms with Crippen molar-refractivity contribution in [2.24, 2.45) is 0 Å². The summed E-state index contributed by atoms with van der Waals surface area (Å²) in [5, 5.41) is 0. The van der Waals surface area contributed by atoms with Gasteiger partial charge in [0.05, 0.1) is 6.04 Å². The van der Waals surface area contributed by atoms with Crippen molar-refractivity contribution in [3.05, 3.63) is 108 Å². The molecular weight excluding hydrogens is 378 g/mol. The summed E-state index contributed by atoms with van der Waals surface area (Å²) < 4.78 is 11.1. The summed E-state index contributed by atoms with van der Waals surface area (Å²) >= 11 is 0. The molecule has 0 spiro atoms. The number of amides is 1. The average molecular weight is 401 g/mol. The van der Waals surface area contributed by atoms with Crippen molar-refractivity contribution in [1.82, 2.24) is 4.90 Å². The van der Waals surface area contributed by atoms with Crippen LogP contribution in [0, 0.1) is 0 Å². The molecule has 2 atom stereocenters. The maximum atomic E-state index is 13.2. The third kappa shape index (κ3) is 4.51. The first-order valence-electron chi connectivity index (χ1n) is 9.97. The van der Waals surface area contributed by atoms with Gasteiger partial charge in [0, 0.05) is 6.42 Å². The molecule has 5 heteroatoms. The van der Waals surface area contributed by atoms with Crippen LogP contribution in [0.3, 0.4) is 0 Å². The number of esters is 1. The Hall–Kier alpha value is -3.60. The van der Waals surface area contributed by atoms with E-state index in [0.29, 0.717) is 6.42 Å². The van der Waals surface area contributed by atoms with Crippen LogP contribution in [0.1, 0.15) is 22.7 Å². The fourth-order valence-electron chi connectivity index (χ4n) is 3.67. The van der Waals surface area contributed by atoms with Gasteiger partial charge in [0.25, 0.3) is 0 Å². The Morgan fingerprint density at radius 3 is 2.07 bits per heavy atom. The Kier molecular flexibility index (Phi) is 6.09. The van der Waals surface area contributed by atoms with Crippen LogP contribution in [-0.4, -0.2) is 29.6 Å². The second-order valence-electron chi connectivity index (χ2n) is 7.21. The molecule has 1 amide bonds. The van der Waals surface area contributed by atoms with E-state index in [1.54, 1.807) is 0 Å². The molecule has 0 radical (unpaired) electrons. The van der Waals surface area contributed by atoms with Crippen LogP contribution in [0.4, 0.5) is 4.79 Å². The normalized spacial score (nSPS) is 18.5. The zero-order chi connectivity index (χ0) is 20.8.